The third kappa shape index (κ3) is 3.55. The molecule has 2 aliphatic heterocycles. The molecule has 0 bridgehead atoms. The van der Waals surface area contributed by atoms with Gasteiger partial charge in [0.2, 0.25) is 0 Å². The molecule has 0 saturated carbocycles. The highest BCUT2D eigenvalue weighted by molar-refractivity contribution is 5.40. The van der Waals surface area contributed by atoms with Crippen molar-refractivity contribution < 1.29 is 4.74 Å². The lowest BCUT2D eigenvalue weighted by molar-refractivity contribution is -0.105. The highest BCUT2D eigenvalue weighted by Crippen LogP contribution is 2.29. The summed E-state index contributed by atoms with van der Waals surface area (Å²) in [6.45, 7) is 7.90. The van der Waals surface area contributed by atoms with Crippen molar-refractivity contribution in [2.75, 3.05) is 37.7 Å². The van der Waals surface area contributed by atoms with Crippen LogP contribution in [0.4, 0.5) is 5.82 Å². The lowest BCUT2D eigenvalue weighted by atomic mass is 9.96. The van der Waals surface area contributed by atoms with E-state index in [1.54, 1.807) is 0 Å². The average Bonchev–Trinajstić information content (AvgIpc) is 3.28. The number of aryl methyl sites for hydroxylation is 1. The molecule has 6 nitrogen and oxygen atoms in total. The molecular formula is C19H27N5O. The molecule has 6 heteroatoms. The van der Waals surface area contributed by atoms with Crippen LogP contribution < -0.4 is 4.90 Å². The number of ether oxygens (including phenoxy) is 1. The number of anilines is 1. The van der Waals surface area contributed by atoms with Crippen LogP contribution in [0.5, 0.6) is 0 Å². The van der Waals surface area contributed by atoms with Gasteiger partial charge in [0, 0.05) is 57.7 Å². The van der Waals surface area contributed by atoms with Crippen LogP contribution in [-0.2, 0) is 23.9 Å². The van der Waals surface area contributed by atoms with Gasteiger partial charge in [-0.25, -0.2) is 4.98 Å². The minimum absolute atomic E-state index is 0.296. The van der Waals surface area contributed by atoms with Crippen molar-refractivity contribution >= 4 is 5.82 Å². The fraction of sp³-hybridized carbons (Fsp3) is 0.579. The lowest BCUT2D eigenvalue weighted by Crippen LogP contribution is -2.47. The van der Waals surface area contributed by atoms with Gasteiger partial charge >= 0.3 is 0 Å². The Morgan fingerprint density at radius 1 is 1.16 bits per heavy atom. The summed E-state index contributed by atoms with van der Waals surface area (Å²) in [5.41, 5.74) is 2.11. The molecule has 2 saturated heterocycles. The van der Waals surface area contributed by atoms with Crippen LogP contribution in [0.2, 0.25) is 0 Å². The fourth-order valence-corrected chi connectivity index (χ4v) is 3.86. The third-order valence-electron chi connectivity index (χ3n) is 5.31. The first-order valence-corrected chi connectivity index (χ1v) is 9.18. The van der Waals surface area contributed by atoms with Crippen molar-refractivity contribution in [1.29, 1.82) is 0 Å². The maximum atomic E-state index is 6.10. The van der Waals surface area contributed by atoms with Crippen LogP contribution in [-0.4, -0.2) is 52.5 Å². The molecule has 2 fully saturated rings. The molecule has 134 valence electrons. The van der Waals surface area contributed by atoms with Crippen molar-refractivity contribution in [3.05, 3.63) is 41.9 Å². The van der Waals surface area contributed by atoms with Crippen molar-refractivity contribution in [2.45, 2.75) is 31.9 Å². The van der Waals surface area contributed by atoms with E-state index in [1.165, 1.54) is 18.4 Å². The molecule has 0 aromatic carbocycles. The van der Waals surface area contributed by atoms with Gasteiger partial charge in [0.1, 0.15) is 11.4 Å². The van der Waals surface area contributed by atoms with Crippen molar-refractivity contribution in [1.82, 2.24) is 19.7 Å². The van der Waals surface area contributed by atoms with Gasteiger partial charge < -0.3 is 9.64 Å². The van der Waals surface area contributed by atoms with E-state index in [0.717, 1.165) is 50.7 Å². The molecule has 0 radical (unpaired) electrons. The normalized spacial score (nSPS) is 24.8. The Morgan fingerprint density at radius 3 is 2.68 bits per heavy atom. The first-order chi connectivity index (χ1) is 12.1. The smallest absolute Gasteiger partial charge is 0.128 e. The Morgan fingerprint density at radius 2 is 2.00 bits per heavy atom. The Labute approximate surface area is 149 Å². The lowest BCUT2D eigenvalue weighted by Gasteiger charge is -2.40. The number of nitrogens with zero attached hydrogens (tertiary/aromatic N) is 5. The summed E-state index contributed by atoms with van der Waals surface area (Å²) in [4.78, 5) is 9.50. The first-order valence-electron chi connectivity index (χ1n) is 9.18. The maximum Gasteiger partial charge on any atom is 0.128 e. The van der Waals surface area contributed by atoms with Gasteiger partial charge in [-0.15, -0.1) is 0 Å². The molecule has 2 aromatic rings. The molecule has 0 amide bonds. The minimum Gasteiger partial charge on any atom is -0.368 e. The number of aromatic nitrogens is 3. The zero-order valence-electron chi connectivity index (χ0n) is 15.2. The van der Waals surface area contributed by atoms with Crippen LogP contribution >= 0.6 is 0 Å². The molecule has 4 heterocycles. The molecule has 1 atom stereocenters. The second-order valence-electron chi connectivity index (χ2n) is 7.41. The zero-order valence-corrected chi connectivity index (χ0v) is 15.2. The van der Waals surface area contributed by atoms with Crippen molar-refractivity contribution in [2.24, 2.45) is 7.05 Å². The highest BCUT2D eigenvalue weighted by atomic mass is 16.5. The van der Waals surface area contributed by atoms with Crippen LogP contribution in [0.25, 0.3) is 0 Å². The van der Waals surface area contributed by atoms with E-state index in [0.29, 0.717) is 0 Å². The summed E-state index contributed by atoms with van der Waals surface area (Å²) in [6.07, 6.45) is 8.56. The number of morpholine rings is 1. The van der Waals surface area contributed by atoms with E-state index in [2.05, 4.69) is 45.1 Å². The van der Waals surface area contributed by atoms with E-state index in [4.69, 9.17) is 4.74 Å². The van der Waals surface area contributed by atoms with Gasteiger partial charge in [0.15, 0.2) is 0 Å². The van der Waals surface area contributed by atoms with Crippen molar-refractivity contribution in [3.63, 3.8) is 0 Å². The fourth-order valence-electron chi connectivity index (χ4n) is 3.86. The molecule has 25 heavy (non-hydrogen) atoms. The Bertz CT molecular complexity index is 707. The summed E-state index contributed by atoms with van der Waals surface area (Å²) < 4.78 is 7.94. The summed E-state index contributed by atoms with van der Waals surface area (Å²) >= 11 is 0. The summed E-state index contributed by atoms with van der Waals surface area (Å²) in [6, 6.07) is 4.39. The highest BCUT2D eigenvalue weighted by Gasteiger charge is 2.34. The molecule has 0 N–H and O–H groups in total. The van der Waals surface area contributed by atoms with E-state index in [1.807, 2.05) is 24.1 Å². The second-order valence-corrected chi connectivity index (χ2v) is 7.41. The molecule has 4 rings (SSSR count). The van der Waals surface area contributed by atoms with E-state index < -0.39 is 0 Å². The molecule has 2 aliphatic rings. The summed E-state index contributed by atoms with van der Waals surface area (Å²) in [5.74, 6) is 1.11. The average molecular weight is 341 g/mol. The zero-order chi connectivity index (χ0) is 17.3. The largest absolute Gasteiger partial charge is 0.368 e. The van der Waals surface area contributed by atoms with Gasteiger partial charge in [-0.05, 0) is 31.4 Å². The molecule has 2 aromatic heterocycles. The van der Waals surface area contributed by atoms with Gasteiger partial charge in [-0.1, -0.05) is 6.07 Å². The number of pyridine rings is 1. The number of hydrogen-bond donors (Lipinski definition) is 0. The first kappa shape index (κ1) is 16.5. The van der Waals surface area contributed by atoms with Gasteiger partial charge in [0.05, 0.1) is 12.8 Å². The second kappa shape index (κ2) is 6.77. The molecule has 0 spiro atoms. The molecule has 0 aliphatic carbocycles. The monoisotopic (exact) mass is 341 g/mol. The predicted octanol–water partition coefficient (Wildman–Crippen LogP) is 2.16. The minimum atomic E-state index is -0.296. The van der Waals surface area contributed by atoms with Crippen LogP contribution in [0.1, 0.15) is 30.9 Å². The quantitative estimate of drug-likeness (QED) is 0.853. The van der Waals surface area contributed by atoms with Crippen molar-refractivity contribution in [3.8, 4) is 0 Å². The molecular weight excluding hydrogens is 314 g/mol. The van der Waals surface area contributed by atoms with Crippen LogP contribution in [0.15, 0.2) is 30.7 Å². The summed E-state index contributed by atoms with van der Waals surface area (Å²) in [7, 11) is 1.95. The third-order valence-corrected chi connectivity index (χ3v) is 5.31. The maximum absolute atomic E-state index is 6.10. The Kier molecular flexibility index (Phi) is 4.48. The number of rotatable bonds is 4. The van der Waals surface area contributed by atoms with Crippen LogP contribution in [0, 0.1) is 0 Å². The van der Waals surface area contributed by atoms with Crippen LogP contribution in [0.3, 0.4) is 0 Å². The molecule has 0 unspecified atom stereocenters. The SMILES string of the molecule is Cn1cc([C@@]2(C)CN(Cc3ccc(N4CCCC4)nc3)CCO2)cn1. The van der Waals surface area contributed by atoms with Gasteiger partial charge in [0.25, 0.3) is 0 Å². The standard InChI is InChI=1S/C19H27N5O/c1-19(17-12-21-22(2)14-17)15-23(9-10-25-19)13-16-5-6-18(20-11-16)24-7-3-4-8-24/h5-6,11-12,14H,3-4,7-10,13,15H2,1-2H3/t19-/m1/s1. The van der Waals surface area contributed by atoms with E-state index in [-0.39, 0.29) is 5.60 Å². The number of hydrogen-bond acceptors (Lipinski definition) is 5. The van der Waals surface area contributed by atoms with E-state index >= 15 is 0 Å². The van der Waals surface area contributed by atoms with Gasteiger partial charge in [-0.3, -0.25) is 9.58 Å². The Balaban J connectivity index is 1.42. The predicted molar refractivity (Wildman–Crippen MR) is 97.5 cm³/mol. The summed E-state index contributed by atoms with van der Waals surface area (Å²) in [5, 5.41) is 4.30. The van der Waals surface area contributed by atoms with Gasteiger partial charge in [-0.2, -0.15) is 5.10 Å². The topological polar surface area (TPSA) is 46.4 Å². The Hall–Kier alpha value is -1.92. The van der Waals surface area contributed by atoms with E-state index in [9.17, 15) is 0 Å².